The molecule has 4 rings (SSSR count). The highest BCUT2D eigenvalue weighted by molar-refractivity contribution is 5.92. The molecule has 2 amide bonds. The summed E-state index contributed by atoms with van der Waals surface area (Å²) in [6.45, 7) is 2.39. The van der Waals surface area contributed by atoms with Crippen molar-refractivity contribution in [1.82, 2.24) is 4.90 Å². The van der Waals surface area contributed by atoms with Crippen LogP contribution in [0.4, 0.5) is 10.1 Å². The molecule has 1 aliphatic heterocycles. The fourth-order valence-electron chi connectivity index (χ4n) is 3.61. The van der Waals surface area contributed by atoms with E-state index in [0.717, 1.165) is 16.7 Å². The largest absolute Gasteiger partial charge is 0.481 e. The average Bonchev–Trinajstić information content (AvgIpc) is 2.87. The summed E-state index contributed by atoms with van der Waals surface area (Å²) in [5.74, 6) is 0.0379. The van der Waals surface area contributed by atoms with Gasteiger partial charge in [0, 0.05) is 24.3 Å². The summed E-state index contributed by atoms with van der Waals surface area (Å²) in [5.41, 5.74) is 3.21. The second-order valence-corrected chi connectivity index (χ2v) is 7.61. The van der Waals surface area contributed by atoms with Gasteiger partial charge in [-0.15, -0.1) is 0 Å². The predicted octanol–water partition coefficient (Wildman–Crippen LogP) is 4.32. The summed E-state index contributed by atoms with van der Waals surface area (Å²) in [7, 11) is 0. The van der Waals surface area contributed by atoms with Crippen LogP contribution in [0, 0.1) is 5.82 Å². The van der Waals surface area contributed by atoms with Gasteiger partial charge >= 0.3 is 0 Å². The van der Waals surface area contributed by atoms with Crippen molar-refractivity contribution in [3.8, 4) is 5.75 Å². The lowest BCUT2D eigenvalue weighted by Crippen LogP contribution is -2.37. The zero-order valence-electron chi connectivity index (χ0n) is 17.2. The molecular formula is C25H23FN2O3. The second-order valence-electron chi connectivity index (χ2n) is 7.61. The lowest BCUT2D eigenvalue weighted by atomic mass is 10.1. The Labute approximate surface area is 180 Å². The highest BCUT2D eigenvalue weighted by Crippen LogP contribution is 2.29. The molecule has 1 N–H and O–H groups in total. The van der Waals surface area contributed by atoms with Crippen LogP contribution in [0.5, 0.6) is 5.75 Å². The number of nitrogens with one attached hydrogen (secondary N) is 1. The van der Waals surface area contributed by atoms with Crippen molar-refractivity contribution in [3.05, 3.63) is 95.3 Å². The Balaban J connectivity index is 1.51. The van der Waals surface area contributed by atoms with Crippen molar-refractivity contribution in [3.63, 3.8) is 0 Å². The maximum absolute atomic E-state index is 13.2. The first-order chi connectivity index (χ1) is 15.0. The molecule has 0 spiro atoms. The normalized spacial score (nSPS) is 15.6. The van der Waals surface area contributed by atoms with E-state index in [0.29, 0.717) is 24.5 Å². The van der Waals surface area contributed by atoms with Gasteiger partial charge in [0.05, 0.1) is 6.42 Å². The summed E-state index contributed by atoms with van der Waals surface area (Å²) < 4.78 is 19.1. The quantitative estimate of drug-likeness (QED) is 0.672. The standard InChI is InChI=1S/C25H23FN2O3/c1-17-25(30)28(15-19-7-9-21(26)10-8-19)16-20-14-22(11-12-23(20)31-17)27-24(29)13-18-5-3-2-4-6-18/h2-12,14,17H,13,15-16H2,1H3,(H,27,29). The van der Waals surface area contributed by atoms with E-state index in [9.17, 15) is 14.0 Å². The Morgan fingerprint density at radius 3 is 2.55 bits per heavy atom. The first kappa shape index (κ1) is 20.6. The first-order valence-electron chi connectivity index (χ1n) is 10.1. The zero-order chi connectivity index (χ0) is 21.8. The number of amides is 2. The number of carbonyl (C=O) groups is 2. The number of rotatable bonds is 5. The Morgan fingerprint density at radius 2 is 1.81 bits per heavy atom. The van der Waals surface area contributed by atoms with Crippen molar-refractivity contribution < 1.29 is 18.7 Å². The number of hydrogen-bond donors (Lipinski definition) is 1. The van der Waals surface area contributed by atoms with Crippen LogP contribution in [0.3, 0.4) is 0 Å². The van der Waals surface area contributed by atoms with Crippen LogP contribution in [0.15, 0.2) is 72.8 Å². The van der Waals surface area contributed by atoms with Crippen LogP contribution in [-0.4, -0.2) is 22.8 Å². The van der Waals surface area contributed by atoms with E-state index in [1.54, 1.807) is 36.1 Å². The number of fused-ring (bicyclic) bond motifs is 1. The van der Waals surface area contributed by atoms with Gasteiger partial charge in [0.25, 0.3) is 5.91 Å². The summed E-state index contributed by atoms with van der Waals surface area (Å²) in [6.07, 6.45) is -0.360. The lowest BCUT2D eigenvalue weighted by Gasteiger charge is -2.22. The minimum absolute atomic E-state index is 0.117. The van der Waals surface area contributed by atoms with E-state index in [2.05, 4.69) is 5.32 Å². The van der Waals surface area contributed by atoms with Crippen LogP contribution < -0.4 is 10.1 Å². The van der Waals surface area contributed by atoms with Gasteiger partial charge < -0.3 is 15.0 Å². The third kappa shape index (κ3) is 5.09. The molecule has 0 aliphatic carbocycles. The van der Waals surface area contributed by atoms with Crippen LogP contribution in [0.2, 0.25) is 0 Å². The SMILES string of the molecule is CC1Oc2ccc(NC(=O)Cc3ccccc3)cc2CN(Cc2ccc(F)cc2)C1=O. The van der Waals surface area contributed by atoms with Crippen LogP contribution in [-0.2, 0) is 29.1 Å². The molecule has 3 aromatic carbocycles. The molecule has 1 atom stereocenters. The van der Waals surface area contributed by atoms with E-state index in [1.807, 2.05) is 36.4 Å². The second kappa shape index (κ2) is 9.00. The Hall–Kier alpha value is -3.67. The number of benzene rings is 3. The molecule has 158 valence electrons. The lowest BCUT2D eigenvalue weighted by molar-refractivity contribution is -0.138. The number of anilines is 1. The average molecular weight is 418 g/mol. The van der Waals surface area contributed by atoms with Crippen molar-refractivity contribution in [1.29, 1.82) is 0 Å². The summed E-state index contributed by atoms with van der Waals surface area (Å²) in [4.78, 5) is 26.9. The fraction of sp³-hybridized carbons (Fsp3) is 0.200. The van der Waals surface area contributed by atoms with Crippen LogP contribution in [0.1, 0.15) is 23.6 Å². The Bertz CT molecular complexity index is 1080. The third-order valence-corrected chi connectivity index (χ3v) is 5.16. The van der Waals surface area contributed by atoms with Gasteiger partial charge in [-0.1, -0.05) is 42.5 Å². The molecule has 0 saturated heterocycles. The van der Waals surface area contributed by atoms with Crippen molar-refractivity contribution in [2.24, 2.45) is 0 Å². The molecule has 1 aliphatic rings. The van der Waals surface area contributed by atoms with Gasteiger partial charge in [-0.3, -0.25) is 9.59 Å². The van der Waals surface area contributed by atoms with Gasteiger partial charge in [-0.25, -0.2) is 4.39 Å². The van der Waals surface area contributed by atoms with E-state index in [-0.39, 0.29) is 24.1 Å². The molecule has 5 nitrogen and oxygen atoms in total. The monoisotopic (exact) mass is 418 g/mol. The Kier molecular flexibility index (Phi) is 5.98. The zero-order valence-corrected chi connectivity index (χ0v) is 17.2. The molecule has 31 heavy (non-hydrogen) atoms. The van der Waals surface area contributed by atoms with Gasteiger partial charge in [0.2, 0.25) is 5.91 Å². The van der Waals surface area contributed by atoms with E-state index < -0.39 is 6.10 Å². The van der Waals surface area contributed by atoms with Gasteiger partial charge in [0.1, 0.15) is 11.6 Å². The highest BCUT2D eigenvalue weighted by atomic mass is 19.1. The van der Waals surface area contributed by atoms with Crippen LogP contribution >= 0.6 is 0 Å². The van der Waals surface area contributed by atoms with Crippen molar-refractivity contribution >= 4 is 17.5 Å². The molecule has 0 saturated carbocycles. The maximum atomic E-state index is 13.2. The molecule has 0 radical (unpaired) electrons. The molecule has 3 aromatic rings. The molecule has 6 heteroatoms. The molecular weight excluding hydrogens is 395 g/mol. The smallest absolute Gasteiger partial charge is 0.263 e. The molecule has 1 unspecified atom stereocenters. The van der Waals surface area contributed by atoms with Gasteiger partial charge in [0.15, 0.2) is 6.10 Å². The number of ether oxygens (including phenoxy) is 1. The number of hydrogen-bond acceptors (Lipinski definition) is 3. The van der Waals surface area contributed by atoms with E-state index in [1.165, 1.54) is 12.1 Å². The molecule has 0 fully saturated rings. The number of halogens is 1. The number of carbonyl (C=O) groups excluding carboxylic acids is 2. The fourth-order valence-corrected chi connectivity index (χ4v) is 3.61. The van der Waals surface area contributed by atoms with Crippen molar-refractivity contribution in [2.45, 2.75) is 32.5 Å². The number of nitrogens with zero attached hydrogens (tertiary/aromatic N) is 1. The van der Waals surface area contributed by atoms with Crippen LogP contribution in [0.25, 0.3) is 0 Å². The van der Waals surface area contributed by atoms with Gasteiger partial charge in [-0.05, 0) is 48.4 Å². The minimum Gasteiger partial charge on any atom is -0.481 e. The molecule has 0 aromatic heterocycles. The highest BCUT2D eigenvalue weighted by Gasteiger charge is 2.28. The van der Waals surface area contributed by atoms with Gasteiger partial charge in [-0.2, -0.15) is 0 Å². The third-order valence-electron chi connectivity index (χ3n) is 5.16. The van der Waals surface area contributed by atoms with E-state index >= 15 is 0 Å². The maximum Gasteiger partial charge on any atom is 0.263 e. The summed E-state index contributed by atoms with van der Waals surface area (Å²) in [6, 6.07) is 21.0. The first-order valence-corrected chi connectivity index (χ1v) is 10.1. The summed E-state index contributed by atoms with van der Waals surface area (Å²) >= 11 is 0. The molecule has 0 bridgehead atoms. The van der Waals surface area contributed by atoms with E-state index in [4.69, 9.17) is 4.74 Å². The summed E-state index contributed by atoms with van der Waals surface area (Å²) in [5, 5.41) is 2.91. The predicted molar refractivity (Wildman–Crippen MR) is 116 cm³/mol. The molecule has 1 heterocycles. The van der Waals surface area contributed by atoms with Crippen molar-refractivity contribution in [2.75, 3.05) is 5.32 Å². The topological polar surface area (TPSA) is 58.6 Å². The Morgan fingerprint density at radius 1 is 1.06 bits per heavy atom. The minimum atomic E-state index is -0.639.